The van der Waals surface area contributed by atoms with Gasteiger partial charge in [-0.25, -0.2) is 0 Å². The van der Waals surface area contributed by atoms with Gasteiger partial charge in [0.05, 0.1) is 24.8 Å². The lowest BCUT2D eigenvalue weighted by Gasteiger charge is -2.19. The van der Waals surface area contributed by atoms with Crippen LogP contribution in [0.2, 0.25) is 0 Å². The summed E-state index contributed by atoms with van der Waals surface area (Å²) in [6.07, 6.45) is 10.1. The third-order valence-electron chi connectivity index (χ3n) is 4.91. The molecule has 2 rings (SSSR count). The highest BCUT2D eigenvalue weighted by Crippen LogP contribution is 2.14. The number of hydrogen-bond donors (Lipinski definition) is 2. The zero-order chi connectivity index (χ0) is 17.0. The molecule has 0 atom stereocenters. The van der Waals surface area contributed by atoms with Crippen LogP contribution >= 0.6 is 0 Å². The smallest absolute Gasteiger partial charge is 0.0990 e. The van der Waals surface area contributed by atoms with Crippen molar-refractivity contribution >= 4 is 11.7 Å². The summed E-state index contributed by atoms with van der Waals surface area (Å²) in [5, 5.41) is 0. The molecule has 2 heterocycles. The summed E-state index contributed by atoms with van der Waals surface area (Å²) in [4.78, 5) is 13.9. The van der Waals surface area contributed by atoms with E-state index in [1.165, 1.54) is 50.2 Å². The summed E-state index contributed by atoms with van der Waals surface area (Å²) in [5.74, 6) is 2.58. The Bertz CT molecular complexity index is 368. The van der Waals surface area contributed by atoms with Gasteiger partial charge in [0.25, 0.3) is 0 Å². The number of nitrogens with two attached hydrogens (primary N) is 2. The zero-order valence-corrected chi connectivity index (χ0v) is 15.3. The van der Waals surface area contributed by atoms with Crippen LogP contribution in [-0.2, 0) is 0 Å². The van der Waals surface area contributed by atoms with Crippen molar-refractivity contribution in [1.29, 1.82) is 0 Å². The van der Waals surface area contributed by atoms with Gasteiger partial charge >= 0.3 is 0 Å². The molecule has 0 radical (unpaired) electrons. The van der Waals surface area contributed by atoms with Crippen molar-refractivity contribution in [2.24, 2.45) is 21.5 Å². The van der Waals surface area contributed by atoms with Crippen molar-refractivity contribution < 1.29 is 0 Å². The van der Waals surface area contributed by atoms with Crippen molar-refractivity contribution in [3.63, 3.8) is 0 Å². The Balaban J connectivity index is 1.44. The third-order valence-corrected chi connectivity index (χ3v) is 4.91. The number of amidine groups is 2. The lowest BCUT2D eigenvalue weighted by atomic mass is 10.1. The summed E-state index contributed by atoms with van der Waals surface area (Å²) < 4.78 is 0. The fourth-order valence-electron chi connectivity index (χ4n) is 3.60. The van der Waals surface area contributed by atoms with E-state index in [1.807, 2.05) is 0 Å². The molecule has 0 saturated carbocycles. The van der Waals surface area contributed by atoms with E-state index in [9.17, 15) is 0 Å². The fourth-order valence-corrected chi connectivity index (χ4v) is 3.60. The van der Waals surface area contributed by atoms with Crippen LogP contribution in [0.5, 0.6) is 0 Å². The van der Waals surface area contributed by atoms with E-state index in [-0.39, 0.29) is 0 Å². The summed E-state index contributed by atoms with van der Waals surface area (Å²) in [6.45, 7) is 7.43. The van der Waals surface area contributed by atoms with E-state index >= 15 is 0 Å². The number of hydrogen-bond acceptors (Lipinski definition) is 6. The minimum absolute atomic E-state index is 0.729. The van der Waals surface area contributed by atoms with Gasteiger partial charge in [0.2, 0.25) is 0 Å². The van der Waals surface area contributed by atoms with E-state index in [4.69, 9.17) is 11.5 Å². The van der Waals surface area contributed by atoms with E-state index < -0.39 is 0 Å². The van der Waals surface area contributed by atoms with Crippen molar-refractivity contribution in [2.45, 2.75) is 51.4 Å². The minimum Gasteiger partial charge on any atom is -0.357 e. The summed E-state index contributed by atoms with van der Waals surface area (Å²) >= 11 is 0. The fraction of sp³-hybridized carbons (Fsp3) is 0.889. The zero-order valence-electron chi connectivity index (χ0n) is 15.3. The van der Waals surface area contributed by atoms with Crippen molar-refractivity contribution in [2.75, 3.05) is 52.4 Å². The molecule has 4 N–H and O–H groups in total. The minimum atomic E-state index is 0.729. The molecular weight excluding hydrogens is 300 g/mol. The topological polar surface area (TPSA) is 83.2 Å². The van der Waals surface area contributed by atoms with Gasteiger partial charge in [-0.1, -0.05) is 25.7 Å². The molecular formula is C18H36N6. The first kappa shape index (κ1) is 19.2. The molecule has 6 heteroatoms. The van der Waals surface area contributed by atoms with Crippen LogP contribution in [0.15, 0.2) is 9.98 Å². The average molecular weight is 337 g/mol. The molecule has 24 heavy (non-hydrogen) atoms. The Labute approximate surface area is 147 Å². The van der Waals surface area contributed by atoms with Crippen LogP contribution in [0, 0.1) is 0 Å². The van der Waals surface area contributed by atoms with Gasteiger partial charge in [0.1, 0.15) is 0 Å². The van der Waals surface area contributed by atoms with Crippen LogP contribution in [0.4, 0.5) is 0 Å². The molecule has 2 aliphatic rings. The van der Waals surface area contributed by atoms with Crippen LogP contribution in [0.25, 0.3) is 0 Å². The van der Waals surface area contributed by atoms with Crippen LogP contribution in [0.3, 0.4) is 0 Å². The quantitative estimate of drug-likeness (QED) is 0.499. The highest BCUT2D eigenvalue weighted by Gasteiger charge is 2.16. The van der Waals surface area contributed by atoms with Gasteiger partial charge in [-0.15, -0.1) is 0 Å². The normalized spacial score (nSPS) is 17.6. The van der Waals surface area contributed by atoms with Gasteiger partial charge in [-0.2, -0.15) is 0 Å². The number of aliphatic imine (C=N–C) groups is 2. The van der Waals surface area contributed by atoms with Gasteiger partial charge in [-0.3, -0.25) is 9.98 Å². The predicted octanol–water partition coefficient (Wildman–Crippen LogP) is 1.45. The Morgan fingerprint density at radius 3 is 1.50 bits per heavy atom. The second-order valence-electron chi connectivity index (χ2n) is 6.77. The van der Waals surface area contributed by atoms with Crippen LogP contribution < -0.4 is 11.5 Å². The maximum Gasteiger partial charge on any atom is 0.0990 e. The van der Waals surface area contributed by atoms with E-state index in [1.54, 1.807) is 0 Å². The van der Waals surface area contributed by atoms with Crippen LogP contribution in [-0.4, -0.2) is 73.8 Å². The molecule has 0 bridgehead atoms. The Hall–Kier alpha value is -1.14. The molecule has 0 aromatic carbocycles. The first-order valence-corrected chi connectivity index (χ1v) is 9.82. The highest BCUT2D eigenvalue weighted by molar-refractivity contribution is 5.84. The SMILES string of the molecule is NCCN1CCN=C1CCCCCCCCC1=NCCN1CCN. The second kappa shape index (κ2) is 11.4. The van der Waals surface area contributed by atoms with Crippen LogP contribution in [0.1, 0.15) is 51.4 Å². The van der Waals surface area contributed by atoms with Gasteiger partial charge in [-0.05, 0) is 12.8 Å². The van der Waals surface area contributed by atoms with E-state index in [0.29, 0.717) is 0 Å². The average Bonchev–Trinajstić information content (AvgIpc) is 3.20. The van der Waals surface area contributed by atoms with Gasteiger partial charge < -0.3 is 21.3 Å². The first-order valence-electron chi connectivity index (χ1n) is 9.82. The van der Waals surface area contributed by atoms with Crippen molar-refractivity contribution in [3.05, 3.63) is 0 Å². The molecule has 0 amide bonds. The lowest BCUT2D eigenvalue weighted by Crippen LogP contribution is -2.32. The van der Waals surface area contributed by atoms with Crippen molar-refractivity contribution in [3.8, 4) is 0 Å². The van der Waals surface area contributed by atoms with Gasteiger partial charge in [0.15, 0.2) is 0 Å². The maximum absolute atomic E-state index is 5.65. The third kappa shape index (κ3) is 6.40. The predicted molar refractivity (Wildman–Crippen MR) is 103 cm³/mol. The largest absolute Gasteiger partial charge is 0.357 e. The standard InChI is InChI=1S/C18H36N6/c19-9-13-23-15-11-21-17(23)7-5-3-1-2-4-6-8-18-22-12-16-24(18)14-10-20/h1-16,19-20H2. The molecule has 6 nitrogen and oxygen atoms in total. The maximum atomic E-state index is 5.65. The molecule has 0 aromatic heterocycles. The van der Waals surface area contributed by atoms with E-state index in [0.717, 1.165) is 65.2 Å². The molecule has 0 saturated heterocycles. The Morgan fingerprint density at radius 1 is 0.667 bits per heavy atom. The molecule has 0 aromatic rings. The highest BCUT2D eigenvalue weighted by atomic mass is 15.2. The number of rotatable bonds is 13. The Morgan fingerprint density at radius 2 is 1.08 bits per heavy atom. The molecule has 2 aliphatic heterocycles. The lowest BCUT2D eigenvalue weighted by molar-refractivity contribution is 0.454. The molecule has 0 unspecified atom stereocenters. The number of nitrogens with zero attached hydrogens (tertiary/aromatic N) is 4. The first-order chi connectivity index (χ1) is 11.8. The summed E-state index contributed by atoms with van der Waals surface area (Å²) in [5.41, 5.74) is 11.3. The monoisotopic (exact) mass is 336 g/mol. The molecule has 0 aliphatic carbocycles. The summed E-state index contributed by atoms with van der Waals surface area (Å²) in [7, 11) is 0. The van der Waals surface area contributed by atoms with E-state index in [2.05, 4.69) is 19.8 Å². The summed E-state index contributed by atoms with van der Waals surface area (Å²) in [6, 6.07) is 0. The second-order valence-corrected chi connectivity index (χ2v) is 6.77. The number of unbranched alkanes of at least 4 members (excludes halogenated alkanes) is 5. The molecule has 138 valence electrons. The van der Waals surface area contributed by atoms with Crippen molar-refractivity contribution in [1.82, 2.24) is 9.80 Å². The Kier molecular flexibility index (Phi) is 9.13. The molecule has 0 fully saturated rings. The van der Waals surface area contributed by atoms with Gasteiger partial charge in [0, 0.05) is 52.1 Å². The molecule has 0 spiro atoms.